The fourth-order valence-electron chi connectivity index (χ4n) is 1.28. The molecule has 0 saturated carbocycles. The van der Waals surface area contributed by atoms with Crippen molar-refractivity contribution >= 4 is 11.6 Å². The van der Waals surface area contributed by atoms with Crippen molar-refractivity contribution in [3.63, 3.8) is 0 Å². The highest BCUT2D eigenvalue weighted by atomic mass is 35.5. The summed E-state index contributed by atoms with van der Waals surface area (Å²) >= 11 is 5.85. The highest BCUT2D eigenvalue weighted by Gasteiger charge is 2.21. The molecule has 0 amide bonds. The van der Waals surface area contributed by atoms with Gasteiger partial charge in [0.2, 0.25) is 0 Å². The van der Waals surface area contributed by atoms with Crippen LogP contribution in [0, 0.1) is 11.3 Å². The quantitative estimate of drug-likeness (QED) is 0.554. The molecule has 0 nitrogen and oxygen atoms in total. The molecule has 0 spiro atoms. The average molecular weight is 163 g/mol. The highest BCUT2D eigenvalue weighted by Crippen LogP contribution is 2.30. The first-order valence-corrected chi connectivity index (χ1v) is 4.63. The molecule has 1 atom stereocenters. The Morgan fingerprint density at radius 1 is 1.40 bits per heavy atom. The van der Waals surface area contributed by atoms with Crippen molar-refractivity contribution in [3.8, 4) is 0 Å². The molecule has 0 aliphatic rings. The van der Waals surface area contributed by atoms with Gasteiger partial charge in [-0.2, -0.15) is 0 Å². The number of alkyl halides is 1. The van der Waals surface area contributed by atoms with Crippen molar-refractivity contribution < 1.29 is 0 Å². The molecule has 0 radical (unpaired) electrons. The van der Waals surface area contributed by atoms with Crippen molar-refractivity contribution in [2.75, 3.05) is 5.88 Å². The van der Waals surface area contributed by atoms with Gasteiger partial charge in [-0.05, 0) is 24.2 Å². The molecule has 10 heavy (non-hydrogen) atoms. The van der Waals surface area contributed by atoms with Gasteiger partial charge in [-0.1, -0.05) is 27.7 Å². The fourth-order valence-corrected chi connectivity index (χ4v) is 1.58. The molecule has 0 aliphatic heterocycles. The zero-order chi connectivity index (χ0) is 8.20. The molecule has 0 aromatic heterocycles. The van der Waals surface area contributed by atoms with Crippen molar-refractivity contribution in [1.29, 1.82) is 0 Å². The summed E-state index contributed by atoms with van der Waals surface area (Å²) in [6.07, 6.45) is 2.43. The van der Waals surface area contributed by atoms with Crippen LogP contribution in [0.2, 0.25) is 0 Å². The summed E-state index contributed by atoms with van der Waals surface area (Å²) in [5.41, 5.74) is 0.371. The molecule has 62 valence electrons. The van der Waals surface area contributed by atoms with E-state index in [1.165, 1.54) is 12.8 Å². The normalized spacial score (nSPS) is 17.4. The summed E-state index contributed by atoms with van der Waals surface area (Å²) in [5.74, 6) is 1.56. The van der Waals surface area contributed by atoms with E-state index in [-0.39, 0.29) is 0 Å². The van der Waals surface area contributed by atoms with Crippen LogP contribution in [0.5, 0.6) is 0 Å². The molecular weight excluding hydrogens is 144 g/mol. The number of halogens is 1. The Balaban J connectivity index is 3.80. The minimum absolute atomic E-state index is 0.371. The molecule has 0 heterocycles. The lowest BCUT2D eigenvalue weighted by atomic mass is 9.82. The summed E-state index contributed by atoms with van der Waals surface area (Å²) < 4.78 is 0. The van der Waals surface area contributed by atoms with E-state index in [1.807, 2.05) is 0 Å². The fraction of sp³-hybridized carbons (Fsp3) is 1.00. The van der Waals surface area contributed by atoms with E-state index >= 15 is 0 Å². The van der Waals surface area contributed by atoms with E-state index in [9.17, 15) is 0 Å². The lowest BCUT2D eigenvalue weighted by molar-refractivity contribution is 0.282. The molecule has 1 unspecified atom stereocenters. The predicted octanol–water partition coefficient (Wildman–Crippen LogP) is 3.69. The van der Waals surface area contributed by atoms with Crippen molar-refractivity contribution in [2.24, 2.45) is 11.3 Å². The largest absolute Gasteiger partial charge is 0.126 e. The third-order valence-corrected chi connectivity index (χ3v) is 2.72. The molecule has 0 aliphatic carbocycles. The summed E-state index contributed by atoms with van der Waals surface area (Å²) in [4.78, 5) is 0. The SMILES string of the molecule is CCC(C)(CCl)CC(C)C. The van der Waals surface area contributed by atoms with Crippen molar-refractivity contribution in [3.05, 3.63) is 0 Å². The summed E-state index contributed by atoms with van der Waals surface area (Å²) in [7, 11) is 0. The standard InChI is InChI=1S/C9H19Cl/c1-5-9(4,7-10)6-8(2)3/h8H,5-7H2,1-4H3. The van der Waals surface area contributed by atoms with Crippen LogP contribution < -0.4 is 0 Å². The Morgan fingerprint density at radius 2 is 1.90 bits per heavy atom. The highest BCUT2D eigenvalue weighted by molar-refractivity contribution is 6.18. The van der Waals surface area contributed by atoms with E-state index in [0.717, 1.165) is 11.8 Å². The van der Waals surface area contributed by atoms with Crippen LogP contribution in [0.3, 0.4) is 0 Å². The van der Waals surface area contributed by atoms with Gasteiger partial charge in [-0.3, -0.25) is 0 Å². The lowest BCUT2D eigenvalue weighted by Crippen LogP contribution is -2.19. The van der Waals surface area contributed by atoms with E-state index < -0.39 is 0 Å². The second-order valence-electron chi connectivity index (χ2n) is 3.90. The topological polar surface area (TPSA) is 0 Å². The predicted molar refractivity (Wildman–Crippen MR) is 48.6 cm³/mol. The van der Waals surface area contributed by atoms with E-state index in [1.54, 1.807) is 0 Å². The minimum atomic E-state index is 0.371. The van der Waals surface area contributed by atoms with Gasteiger partial charge in [0.1, 0.15) is 0 Å². The van der Waals surface area contributed by atoms with E-state index in [2.05, 4.69) is 27.7 Å². The first kappa shape index (κ1) is 10.3. The van der Waals surface area contributed by atoms with Gasteiger partial charge in [0.15, 0.2) is 0 Å². The van der Waals surface area contributed by atoms with Crippen LogP contribution in [0.1, 0.15) is 40.5 Å². The van der Waals surface area contributed by atoms with Gasteiger partial charge in [0, 0.05) is 5.88 Å². The first-order valence-electron chi connectivity index (χ1n) is 4.10. The second kappa shape index (κ2) is 4.23. The average Bonchev–Trinajstić information content (AvgIpc) is 1.87. The van der Waals surface area contributed by atoms with Gasteiger partial charge in [0.25, 0.3) is 0 Å². The molecule has 0 bridgehead atoms. The van der Waals surface area contributed by atoms with Crippen LogP contribution in [-0.4, -0.2) is 5.88 Å². The number of rotatable bonds is 4. The summed E-state index contributed by atoms with van der Waals surface area (Å²) in [5, 5.41) is 0. The lowest BCUT2D eigenvalue weighted by Gasteiger charge is -2.27. The van der Waals surface area contributed by atoms with Crippen LogP contribution in [0.25, 0.3) is 0 Å². The third kappa shape index (κ3) is 3.46. The molecule has 1 heteroatoms. The molecule has 0 fully saturated rings. The maximum atomic E-state index is 5.85. The van der Waals surface area contributed by atoms with Crippen LogP contribution in [0.4, 0.5) is 0 Å². The van der Waals surface area contributed by atoms with Crippen LogP contribution >= 0.6 is 11.6 Å². The number of hydrogen-bond acceptors (Lipinski definition) is 0. The monoisotopic (exact) mass is 162 g/mol. The van der Waals surface area contributed by atoms with Gasteiger partial charge in [-0.15, -0.1) is 11.6 Å². The molecular formula is C9H19Cl. The third-order valence-electron chi connectivity index (χ3n) is 2.08. The minimum Gasteiger partial charge on any atom is -0.126 e. The summed E-state index contributed by atoms with van der Waals surface area (Å²) in [6, 6.07) is 0. The van der Waals surface area contributed by atoms with E-state index in [0.29, 0.717) is 5.41 Å². The van der Waals surface area contributed by atoms with Crippen molar-refractivity contribution in [1.82, 2.24) is 0 Å². The maximum Gasteiger partial charge on any atom is 0.0277 e. The van der Waals surface area contributed by atoms with Crippen LogP contribution in [0.15, 0.2) is 0 Å². The van der Waals surface area contributed by atoms with Gasteiger partial charge < -0.3 is 0 Å². The Hall–Kier alpha value is 0.290. The smallest absolute Gasteiger partial charge is 0.0277 e. The molecule has 0 aromatic carbocycles. The van der Waals surface area contributed by atoms with Gasteiger partial charge in [-0.25, -0.2) is 0 Å². The van der Waals surface area contributed by atoms with Gasteiger partial charge in [0.05, 0.1) is 0 Å². The molecule has 0 saturated heterocycles. The van der Waals surface area contributed by atoms with Crippen molar-refractivity contribution in [2.45, 2.75) is 40.5 Å². The second-order valence-corrected chi connectivity index (χ2v) is 4.16. The zero-order valence-corrected chi connectivity index (χ0v) is 8.33. The Kier molecular flexibility index (Phi) is 4.35. The Bertz CT molecular complexity index is 82.7. The number of hydrogen-bond donors (Lipinski definition) is 0. The first-order chi connectivity index (χ1) is 4.54. The summed E-state index contributed by atoms with van der Waals surface area (Å²) in [6.45, 7) is 8.98. The Labute approximate surface area is 70.0 Å². The molecule has 0 N–H and O–H groups in total. The maximum absolute atomic E-state index is 5.85. The molecule has 0 aromatic rings. The van der Waals surface area contributed by atoms with E-state index in [4.69, 9.17) is 11.6 Å². The van der Waals surface area contributed by atoms with Crippen LogP contribution in [-0.2, 0) is 0 Å². The molecule has 0 rings (SSSR count). The Morgan fingerprint density at radius 3 is 2.00 bits per heavy atom. The zero-order valence-electron chi connectivity index (χ0n) is 7.58. The van der Waals surface area contributed by atoms with Gasteiger partial charge >= 0.3 is 0 Å².